The maximum absolute atomic E-state index is 10.8. The zero-order valence-electron chi connectivity index (χ0n) is 6.20. The number of nitrogens with zero attached hydrogens (tertiary/aromatic N) is 1. The number of hydrogen-bond acceptors (Lipinski definition) is 4. The minimum absolute atomic E-state index is 0.178. The fraction of sp³-hybridized carbons (Fsp3) is 0.143. The van der Waals surface area contributed by atoms with Crippen molar-refractivity contribution < 1.29 is 4.79 Å². The number of aromatic nitrogens is 1. The molecule has 0 bridgehead atoms. The van der Waals surface area contributed by atoms with Crippen molar-refractivity contribution in [2.45, 2.75) is 6.92 Å². The lowest BCUT2D eigenvalue weighted by molar-refractivity contribution is 0.109. The molecule has 0 N–H and O–H groups in total. The van der Waals surface area contributed by atoms with Crippen molar-refractivity contribution in [2.24, 2.45) is 0 Å². The van der Waals surface area contributed by atoms with E-state index < -0.39 is 0 Å². The van der Waals surface area contributed by atoms with Crippen molar-refractivity contribution in [1.29, 1.82) is 0 Å². The van der Waals surface area contributed by atoms with Crippen LogP contribution in [0, 0.1) is 6.92 Å². The molecular weight excluding hydrogens is 210 g/mol. The highest BCUT2D eigenvalue weighted by molar-refractivity contribution is 7.97. The maximum Gasteiger partial charge on any atom is 0.226 e. The first-order chi connectivity index (χ1) is 5.66. The van der Waals surface area contributed by atoms with E-state index >= 15 is 0 Å². The summed E-state index contributed by atoms with van der Waals surface area (Å²) in [6.45, 7) is 1.96. The molecule has 0 aliphatic carbocycles. The van der Waals surface area contributed by atoms with E-state index in [1.807, 2.05) is 13.0 Å². The third-order valence-electron chi connectivity index (χ3n) is 1.41. The van der Waals surface area contributed by atoms with Gasteiger partial charge in [0.2, 0.25) is 5.12 Å². The molecule has 2 heterocycles. The van der Waals surface area contributed by atoms with Crippen molar-refractivity contribution in [1.82, 2.24) is 4.98 Å². The Kier molecular flexibility index (Phi) is 1.94. The van der Waals surface area contributed by atoms with Crippen LogP contribution in [0.25, 0.3) is 9.53 Å². The van der Waals surface area contributed by atoms with Crippen LogP contribution in [-0.2, 0) is 0 Å². The molecule has 0 unspecified atom stereocenters. The monoisotopic (exact) mass is 215 g/mol. The maximum atomic E-state index is 10.8. The molecule has 0 atom stereocenters. The van der Waals surface area contributed by atoms with E-state index in [9.17, 15) is 4.79 Å². The van der Waals surface area contributed by atoms with Gasteiger partial charge in [-0.25, -0.2) is 4.98 Å². The fourth-order valence-corrected chi connectivity index (χ4v) is 3.11. The van der Waals surface area contributed by atoms with Gasteiger partial charge in [-0.1, -0.05) is 12.6 Å². The molecule has 0 spiro atoms. The smallest absolute Gasteiger partial charge is 0.226 e. The number of aryl methyl sites for hydroxylation is 1. The molecule has 2 aromatic rings. The van der Waals surface area contributed by atoms with E-state index in [1.165, 1.54) is 11.3 Å². The van der Waals surface area contributed by atoms with E-state index in [1.54, 1.807) is 11.3 Å². The Morgan fingerprint density at radius 1 is 1.58 bits per heavy atom. The van der Waals surface area contributed by atoms with Crippen LogP contribution in [0.15, 0.2) is 6.07 Å². The van der Waals surface area contributed by atoms with Crippen LogP contribution in [0.5, 0.6) is 0 Å². The number of carbonyl (C=O) groups excluding carboxylic acids is 1. The molecule has 5 heteroatoms. The van der Waals surface area contributed by atoms with Gasteiger partial charge in [-0.2, -0.15) is 0 Å². The molecule has 0 aliphatic heterocycles. The first-order valence-electron chi connectivity index (χ1n) is 3.27. The summed E-state index contributed by atoms with van der Waals surface area (Å²) in [6.07, 6.45) is 0. The molecule has 0 fully saturated rings. The Morgan fingerprint density at radius 3 is 2.92 bits per heavy atom. The Morgan fingerprint density at radius 2 is 2.33 bits per heavy atom. The number of thiazole rings is 1. The average molecular weight is 215 g/mol. The lowest BCUT2D eigenvalue weighted by Gasteiger charge is -1.80. The van der Waals surface area contributed by atoms with Crippen molar-refractivity contribution in [3.8, 4) is 0 Å². The molecular formula is C7H5NOS3. The second-order valence-corrected chi connectivity index (χ2v) is 4.99. The van der Waals surface area contributed by atoms with Gasteiger partial charge in [-0.15, -0.1) is 22.7 Å². The summed E-state index contributed by atoms with van der Waals surface area (Å²) in [5, 5.41) is 0.859. The van der Waals surface area contributed by atoms with Crippen LogP contribution in [0.3, 0.4) is 0 Å². The number of rotatable bonds is 1. The van der Waals surface area contributed by atoms with Crippen LogP contribution in [0.4, 0.5) is 0 Å². The topological polar surface area (TPSA) is 30.0 Å². The summed E-state index contributed by atoms with van der Waals surface area (Å²) in [4.78, 5) is 16.7. The van der Waals surface area contributed by atoms with Gasteiger partial charge in [0.05, 0.1) is 14.6 Å². The Labute approximate surface area is 82.7 Å². The van der Waals surface area contributed by atoms with E-state index in [4.69, 9.17) is 0 Å². The number of fused-ring (bicyclic) bond motifs is 1. The van der Waals surface area contributed by atoms with Crippen LogP contribution < -0.4 is 0 Å². The third-order valence-corrected chi connectivity index (χ3v) is 3.87. The second-order valence-electron chi connectivity index (χ2n) is 2.32. The number of carbonyl (C=O) groups is 1. The minimum atomic E-state index is -0.178. The predicted molar refractivity (Wildman–Crippen MR) is 55.6 cm³/mol. The highest BCUT2D eigenvalue weighted by Gasteiger charge is 2.09. The zero-order valence-corrected chi connectivity index (χ0v) is 8.72. The molecule has 0 aliphatic rings. The van der Waals surface area contributed by atoms with Gasteiger partial charge >= 0.3 is 0 Å². The van der Waals surface area contributed by atoms with Gasteiger partial charge in [0, 0.05) is 0 Å². The summed E-state index contributed by atoms with van der Waals surface area (Å²) in [5.74, 6) is 0. The Hall–Kier alpha value is -0.390. The summed E-state index contributed by atoms with van der Waals surface area (Å²) in [5.41, 5.74) is 0. The zero-order chi connectivity index (χ0) is 8.72. The molecule has 0 saturated heterocycles. The Balaban J connectivity index is 2.64. The summed E-state index contributed by atoms with van der Waals surface area (Å²) < 4.78 is 1.08. The first-order valence-corrected chi connectivity index (χ1v) is 5.35. The molecule has 0 saturated carbocycles. The normalized spacial score (nSPS) is 10.8. The molecule has 2 nitrogen and oxygen atoms in total. The molecule has 12 heavy (non-hydrogen) atoms. The molecule has 62 valence electrons. The molecule has 2 aromatic heterocycles. The van der Waals surface area contributed by atoms with Crippen molar-refractivity contribution in [2.75, 3.05) is 0 Å². The van der Waals surface area contributed by atoms with E-state index in [0.717, 1.165) is 14.5 Å². The standard InChI is InChI=1S/C7H5NOS3/c1-3-8-6-4(11-3)2-5(12-6)7(9)10/h2H,1H3,(H,9,10). The molecule has 0 radical (unpaired) electrons. The van der Waals surface area contributed by atoms with Crippen LogP contribution in [-0.4, -0.2) is 10.1 Å². The molecule has 0 aromatic carbocycles. The fourth-order valence-electron chi connectivity index (χ4n) is 0.946. The lowest BCUT2D eigenvalue weighted by atomic mass is 10.5. The number of thiophene rings is 1. The van der Waals surface area contributed by atoms with Gasteiger partial charge in [0.15, 0.2) is 0 Å². The number of hydrogen-bond donors (Lipinski definition) is 1. The highest BCUT2D eigenvalue weighted by atomic mass is 32.1. The van der Waals surface area contributed by atoms with Crippen LogP contribution in [0.1, 0.15) is 14.7 Å². The number of thiol groups is 1. The minimum Gasteiger partial charge on any atom is -0.281 e. The third kappa shape index (κ3) is 1.28. The highest BCUT2D eigenvalue weighted by Crippen LogP contribution is 2.30. The van der Waals surface area contributed by atoms with Crippen molar-refractivity contribution >= 4 is 49.9 Å². The summed E-state index contributed by atoms with van der Waals surface area (Å²) in [7, 11) is 0. The molecule has 0 amide bonds. The van der Waals surface area contributed by atoms with Crippen LogP contribution in [0.2, 0.25) is 0 Å². The largest absolute Gasteiger partial charge is 0.281 e. The van der Waals surface area contributed by atoms with E-state index in [-0.39, 0.29) is 5.12 Å². The average Bonchev–Trinajstić information content (AvgIpc) is 2.42. The molecule has 2 rings (SSSR count). The predicted octanol–water partition coefficient (Wildman–Crippen LogP) is 2.74. The van der Waals surface area contributed by atoms with Gasteiger partial charge in [0.1, 0.15) is 4.83 Å². The van der Waals surface area contributed by atoms with Gasteiger partial charge < -0.3 is 0 Å². The van der Waals surface area contributed by atoms with Crippen molar-refractivity contribution in [3.05, 3.63) is 16.0 Å². The SMILES string of the molecule is Cc1nc2sc(C(=O)S)cc2s1. The van der Waals surface area contributed by atoms with Gasteiger partial charge in [-0.3, -0.25) is 4.79 Å². The first kappa shape index (κ1) is 8.22. The Bertz CT molecular complexity index is 411. The van der Waals surface area contributed by atoms with Gasteiger partial charge in [0.25, 0.3) is 0 Å². The summed E-state index contributed by atoms with van der Waals surface area (Å²) in [6, 6.07) is 1.85. The summed E-state index contributed by atoms with van der Waals surface area (Å²) >= 11 is 6.75. The lowest BCUT2D eigenvalue weighted by Crippen LogP contribution is -1.79. The quantitative estimate of drug-likeness (QED) is 0.741. The van der Waals surface area contributed by atoms with Crippen LogP contribution >= 0.6 is 35.3 Å². The second kappa shape index (κ2) is 2.83. The van der Waals surface area contributed by atoms with E-state index in [2.05, 4.69) is 17.6 Å². The van der Waals surface area contributed by atoms with Gasteiger partial charge in [-0.05, 0) is 13.0 Å². The van der Waals surface area contributed by atoms with Crippen molar-refractivity contribution in [3.63, 3.8) is 0 Å². The van der Waals surface area contributed by atoms with E-state index in [0.29, 0.717) is 4.88 Å².